The molecule has 0 saturated heterocycles. The van der Waals surface area contributed by atoms with Crippen molar-refractivity contribution < 1.29 is 0 Å². The molecule has 3 aromatic carbocycles. The van der Waals surface area contributed by atoms with E-state index in [1.807, 2.05) is 67.1 Å². The molecule has 0 fully saturated rings. The third-order valence-corrected chi connectivity index (χ3v) is 15.3. The van der Waals surface area contributed by atoms with Gasteiger partial charge in [0.25, 0.3) is 6.21 Å². The molecule has 9 rings (SSSR count). The van der Waals surface area contributed by atoms with Crippen LogP contribution >= 0.6 is 0 Å². The fourth-order valence-corrected chi connectivity index (χ4v) is 12.4. The first kappa shape index (κ1) is 41.0. The second kappa shape index (κ2) is 16.8. The Morgan fingerprint density at radius 1 is 0.810 bits per heavy atom. The maximum Gasteiger partial charge on any atom is 0.389 e. The maximum atomic E-state index is 8.71. The number of benzene rings is 3. The van der Waals surface area contributed by atoms with Crippen molar-refractivity contribution in [3.05, 3.63) is 228 Å². The van der Waals surface area contributed by atoms with Crippen LogP contribution in [-0.2, 0) is 0 Å². The van der Waals surface area contributed by atoms with Gasteiger partial charge in [0.05, 0.1) is 40.3 Å². The SMILES string of the molecule is C/C(=C\C=C(/N)c1ccccn1)C1=C(c2c(C)cc(C3=[N+]=Cc4ccccc43)cc2C)C(c2c(C)cc(/C(C)=C3\C=CC=CC3=N)cc2C)=C(C2=CNC(C3=[N+]=CC=C3)C=C2)[Si+]1C. The van der Waals surface area contributed by atoms with E-state index < -0.39 is 8.80 Å². The second-order valence-electron chi connectivity index (χ2n) is 16.8. The summed E-state index contributed by atoms with van der Waals surface area (Å²) in [6, 6.07) is 23.6. The molecule has 6 nitrogen and oxygen atoms in total. The van der Waals surface area contributed by atoms with Crippen LogP contribution in [0, 0.1) is 33.1 Å². The van der Waals surface area contributed by atoms with Crippen LogP contribution in [0.15, 0.2) is 167 Å². The number of aryl methyl sites for hydroxylation is 4. The standard InChI is InChI=1S/C56H50N6Si/c1-33(21-23-46(58)47-19-12-13-25-59-47)55-52(50-36(4)29-42(30-37(50)5)54-44-17-9-8-15-39(44)31-62-54)53(56(63(55)7)40-22-24-49(61-32-40)48-20-14-26-60-48)51-34(2)27-41(28-35(51)3)38(6)43-16-10-11-18-45(43)57/h8-32,49,58H,1-7H3,(H2,57,61,62)/q+2/p+1. The Labute approximate surface area is 372 Å². The number of nitrogens with zero attached hydrogens (tertiary/aromatic N) is 3. The number of rotatable bonds is 9. The van der Waals surface area contributed by atoms with Crippen LogP contribution in [0.5, 0.6) is 0 Å². The van der Waals surface area contributed by atoms with Gasteiger partial charge in [-0.05, 0) is 146 Å². The molecule has 0 bridgehead atoms. The molecule has 1 aliphatic carbocycles. The van der Waals surface area contributed by atoms with E-state index in [9.17, 15) is 0 Å². The zero-order valence-corrected chi connectivity index (χ0v) is 37.9. The van der Waals surface area contributed by atoms with Gasteiger partial charge >= 0.3 is 26.4 Å². The van der Waals surface area contributed by atoms with Crippen LogP contribution < -0.4 is 20.4 Å². The molecule has 7 heteroatoms. The Bertz CT molecular complexity index is 3090. The summed E-state index contributed by atoms with van der Waals surface area (Å²) in [4.78, 5) is 4.54. The first-order chi connectivity index (χ1) is 30.5. The molecule has 4 aliphatic heterocycles. The van der Waals surface area contributed by atoms with Gasteiger partial charge in [0, 0.05) is 46.8 Å². The zero-order chi connectivity index (χ0) is 43.9. The average Bonchev–Trinajstić information content (AvgIpc) is 4.04. The lowest BCUT2D eigenvalue weighted by molar-refractivity contribution is 0.859. The minimum atomic E-state index is -1.44. The van der Waals surface area contributed by atoms with Crippen LogP contribution in [0.4, 0.5) is 0 Å². The van der Waals surface area contributed by atoms with E-state index in [-0.39, 0.29) is 6.04 Å². The van der Waals surface area contributed by atoms with Crippen LogP contribution in [0.25, 0.3) is 22.4 Å². The lowest BCUT2D eigenvalue weighted by atomic mass is 9.80. The third kappa shape index (κ3) is 7.53. The van der Waals surface area contributed by atoms with Crippen molar-refractivity contribution in [1.82, 2.24) is 19.6 Å². The fraction of sp³-hybridized carbons (Fsp3) is 0.143. The van der Waals surface area contributed by atoms with Gasteiger partial charge in [0.15, 0.2) is 0 Å². The predicted octanol–water partition coefficient (Wildman–Crippen LogP) is 9.50. The molecule has 0 saturated carbocycles. The summed E-state index contributed by atoms with van der Waals surface area (Å²) in [7, 11) is -1.44. The van der Waals surface area contributed by atoms with Crippen molar-refractivity contribution in [2.45, 2.75) is 54.1 Å². The number of fused-ring (bicyclic) bond motifs is 1. The number of nitrogens with two attached hydrogens (primary N) is 1. The number of aromatic nitrogens is 1. The number of hydrogen-bond acceptors (Lipinski definition) is 4. The van der Waals surface area contributed by atoms with E-state index in [4.69, 9.17) is 15.8 Å². The van der Waals surface area contributed by atoms with Crippen molar-refractivity contribution in [3.63, 3.8) is 0 Å². The molecule has 5 heterocycles. The molecule has 1 atom stereocenters. The Kier molecular flexibility index (Phi) is 10.9. The minimum Gasteiger partial charge on any atom is -0.397 e. The summed E-state index contributed by atoms with van der Waals surface area (Å²) in [5, 5.41) is 15.1. The Morgan fingerprint density at radius 2 is 1.52 bits per heavy atom. The summed E-state index contributed by atoms with van der Waals surface area (Å²) in [6.07, 6.45) is 28.5. The predicted molar refractivity (Wildman–Crippen MR) is 269 cm³/mol. The van der Waals surface area contributed by atoms with E-state index >= 15 is 0 Å². The topological polar surface area (TPSA) is 103 Å². The van der Waals surface area contributed by atoms with E-state index in [2.05, 4.69) is 142 Å². The highest BCUT2D eigenvalue weighted by atomic mass is 28.3. The highest BCUT2D eigenvalue weighted by Gasteiger charge is 2.49. The Balaban J connectivity index is 1.29. The highest BCUT2D eigenvalue weighted by molar-refractivity contribution is 6.80. The van der Waals surface area contributed by atoms with Crippen molar-refractivity contribution in [1.29, 1.82) is 5.41 Å². The molecule has 5 aliphatic rings. The first-order valence-electron chi connectivity index (χ1n) is 21.5. The summed E-state index contributed by atoms with van der Waals surface area (Å²) in [5.74, 6) is 0. The van der Waals surface area contributed by atoms with Crippen molar-refractivity contribution in [2.75, 3.05) is 0 Å². The number of allylic oxidation sites excluding steroid dienone is 16. The Morgan fingerprint density at radius 3 is 2.21 bits per heavy atom. The minimum absolute atomic E-state index is 0.00550. The number of pyridine rings is 1. The van der Waals surface area contributed by atoms with Gasteiger partial charge in [0.1, 0.15) is 16.4 Å². The van der Waals surface area contributed by atoms with Gasteiger partial charge in [-0.15, -0.1) is 0 Å². The molecule has 4 N–H and O–H groups in total. The molecule has 4 aromatic rings. The number of dihydropyridines is 1. The molecule has 63 heavy (non-hydrogen) atoms. The lowest BCUT2D eigenvalue weighted by Crippen LogP contribution is -2.33. The third-order valence-electron chi connectivity index (χ3n) is 12.6. The van der Waals surface area contributed by atoms with Crippen LogP contribution in [-0.4, -0.2) is 49.4 Å². The van der Waals surface area contributed by atoms with Gasteiger partial charge in [-0.25, -0.2) is 0 Å². The Hall–Kier alpha value is -7.40. The molecule has 0 radical (unpaired) electrons. The molecule has 306 valence electrons. The average molecular weight is 836 g/mol. The van der Waals surface area contributed by atoms with Crippen LogP contribution in [0.3, 0.4) is 0 Å². The van der Waals surface area contributed by atoms with E-state index in [0.717, 1.165) is 50.5 Å². The van der Waals surface area contributed by atoms with E-state index in [1.165, 1.54) is 66.1 Å². The van der Waals surface area contributed by atoms with Crippen molar-refractivity contribution in [2.24, 2.45) is 5.73 Å². The maximum absolute atomic E-state index is 8.71. The second-order valence-corrected chi connectivity index (χ2v) is 19.1. The van der Waals surface area contributed by atoms with Crippen molar-refractivity contribution in [3.8, 4) is 0 Å². The molecular formula is C56H51N6Si+3. The molecule has 0 spiro atoms. The van der Waals surface area contributed by atoms with Crippen molar-refractivity contribution >= 4 is 60.8 Å². The van der Waals surface area contributed by atoms with Gasteiger partial charge in [-0.1, -0.05) is 70.0 Å². The molecule has 1 aromatic heterocycles. The van der Waals surface area contributed by atoms with Crippen LogP contribution in [0.2, 0.25) is 6.55 Å². The summed E-state index contributed by atoms with van der Waals surface area (Å²) in [6.45, 7) is 15.9. The monoisotopic (exact) mass is 835 g/mol. The van der Waals surface area contributed by atoms with Crippen LogP contribution in [0.1, 0.15) is 75.2 Å². The first-order valence-corrected chi connectivity index (χ1v) is 23.5. The summed E-state index contributed by atoms with van der Waals surface area (Å²) >= 11 is 0. The molecule has 0 amide bonds. The molecular weight excluding hydrogens is 785 g/mol. The van der Waals surface area contributed by atoms with E-state index in [0.29, 0.717) is 11.4 Å². The quantitative estimate of drug-likeness (QED) is 0.0784. The largest absolute Gasteiger partial charge is 0.397 e. The summed E-state index contributed by atoms with van der Waals surface area (Å²) < 4.78 is 9.56. The molecule has 1 unspecified atom stereocenters. The fourth-order valence-electron chi connectivity index (χ4n) is 9.63. The normalized spacial score (nSPS) is 18.7. The summed E-state index contributed by atoms with van der Waals surface area (Å²) in [5.41, 5.74) is 29.4. The van der Waals surface area contributed by atoms with Gasteiger partial charge < -0.3 is 16.5 Å². The van der Waals surface area contributed by atoms with Gasteiger partial charge in [-0.3, -0.25) is 4.98 Å². The lowest BCUT2D eigenvalue weighted by Gasteiger charge is -2.22. The van der Waals surface area contributed by atoms with E-state index in [1.54, 1.807) is 6.20 Å². The number of hydrogen-bond donors (Lipinski definition) is 3. The van der Waals surface area contributed by atoms with Gasteiger partial charge in [0.2, 0.25) is 0 Å². The smallest absolute Gasteiger partial charge is 0.389 e. The zero-order valence-electron chi connectivity index (χ0n) is 36.9. The highest BCUT2D eigenvalue weighted by Crippen LogP contribution is 2.52. The van der Waals surface area contributed by atoms with Gasteiger partial charge in [-0.2, -0.15) is 0 Å². The number of nitrogens with one attached hydrogen (secondary N) is 2.